The molecule has 0 bridgehead atoms. The third-order valence-electron chi connectivity index (χ3n) is 3.45. The third kappa shape index (κ3) is 5.21. The van der Waals surface area contributed by atoms with Crippen molar-refractivity contribution in [2.75, 3.05) is 6.54 Å². The molecule has 2 aromatic rings. The van der Waals surface area contributed by atoms with E-state index in [4.69, 9.17) is 11.6 Å². The fraction of sp³-hybridized carbons (Fsp3) is 0.167. The molecule has 24 heavy (non-hydrogen) atoms. The Morgan fingerprint density at radius 1 is 1.08 bits per heavy atom. The van der Waals surface area contributed by atoms with E-state index >= 15 is 0 Å². The quantitative estimate of drug-likeness (QED) is 0.647. The highest BCUT2D eigenvalue weighted by Crippen LogP contribution is 2.09. The van der Waals surface area contributed by atoms with Crippen LogP contribution in [0.2, 0.25) is 5.02 Å². The van der Waals surface area contributed by atoms with Gasteiger partial charge in [0, 0.05) is 10.6 Å². The summed E-state index contributed by atoms with van der Waals surface area (Å²) >= 11 is 5.78. The molecule has 0 aromatic heterocycles. The minimum atomic E-state index is -0.405. The van der Waals surface area contributed by atoms with Crippen LogP contribution in [0.15, 0.2) is 47.6 Å². The van der Waals surface area contributed by atoms with E-state index in [1.165, 1.54) is 6.21 Å². The monoisotopic (exact) mass is 343 g/mol. The molecule has 0 unspecified atom stereocenters. The van der Waals surface area contributed by atoms with Crippen molar-refractivity contribution in [3.8, 4) is 0 Å². The molecule has 0 saturated heterocycles. The van der Waals surface area contributed by atoms with Gasteiger partial charge < -0.3 is 5.32 Å². The van der Waals surface area contributed by atoms with E-state index in [1.807, 2.05) is 19.9 Å². The van der Waals surface area contributed by atoms with Gasteiger partial charge in [0.15, 0.2) is 0 Å². The van der Waals surface area contributed by atoms with Crippen LogP contribution in [0, 0.1) is 13.8 Å². The average Bonchev–Trinajstić information content (AvgIpc) is 2.57. The first-order chi connectivity index (χ1) is 11.5. The summed E-state index contributed by atoms with van der Waals surface area (Å²) in [4.78, 5) is 23.7. The van der Waals surface area contributed by atoms with Crippen LogP contribution >= 0.6 is 11.6 Å². The molecule has 2 N–H and O–H groups in total. The van der Waals surface area contributed by atoms with Crippen molar-refractivity contribution in [3.63, 3.8) is 0 Å². The van der Waals surface area contributed by atoms with E-state index in [2.05, 4.69) is 15.8 Å². The second-order valence-electron chi connectivity index (χ2n) is 5.33. The largest absolute Gasteiger partial charge is 0.343 e. The van der Waals surface area contributed by atoms with Crippen molar-refractivity contribution in [2.45, 2.75) is 13.8 Å². The topological polar surface area (TPSA) is 70.6 Å². The van der Waals surface area contributed by atoms with Gasteiger partial charge in [0.1, 0.15) is 0 Å². The van der Waals surface area contributed by atoms with Crippen LogP contribution in [0.3, 0.4) is 0 Å². The maximum absolute atomic E-state index is 12.0. The molecule has 0 aliphatic rings. The van der Waals surface area contributed by atoms with Crippen LogP contribution in [-0.2, 0) is 4.79 Å². The predicted molar refractivity (Wildman–Crippen MR) is 95.4 cm³/mol. The molecule has 0 saturated carbocycles. The molecule has 2 rings (SSSR count). The molecule has 2 amide bonds. The van der Waals surface area contributed by atoms with Crippen LogP contribution in [0.1, 0.15) is 27.0 Å². The molecule has 0 radical (unpaired) electrons. The Morgan fingerprint density at radius 3 is 2.46 bits per heavy atom. The Hall–Kier alpha value is -2.66. The summed E-state index contributed by atoms with van der Waals surface area (Å²) in [5.74, 6) is -0.702. The van der Waals surface area contributed by atoms with Gasteiger partial charge in [0.25, 0.3) is 11.8 Å². The Morgan fingerprint density at radius 2 is 1.79 bits per heavy atom. The number of halogens is 1. The fourth-order valence-corrected chi connectivity index (χ4v) is 2.04. The van der Waals surface area contributed by atoms with Gasteiger partial charge in [0.2, 0.25) is 0 Å². The molecule has 0 atom stereocenters. The molecular formula is C18H18ClN3O2. The number of nitrogens with one attached hydrogen (secondary N) is 2. The number of aryl methyl sites for hydroxylation is 2. The van der Waals surface area contributed by atoms with E-state index in [-0.39, 0.29) is 12.5 Å². The van der Waals surface area contributed by atoms with Gasteiger partial charge in [-0.3, -0.25) is 9.59 Å². The molecule has 124 valence electrons. The van der Waals surface area contributed by atoms with E-state index in [9.17, 15) is 9.59 Å². The summed E-state index contributed by atoms with van der Waals surface area (Å²) in [6.45, 7) is 3.76. The highest BCUT2D eigenvalue weighted by atomic mass is 35.5. The standard InChI is InChI=1S/C18H18ClN3O2/c1-12-3-6-15(9-13(12)2)18(24)20-11-17(23)22-21-10-14-4-7-16(19)8-5-14/h3-10H,11H2,1-2H3,(H,20,24)(H,22,23)/b21-10-. The molecule has 0 spiro atoms. The summed E-state index contributed by atoms with van der Waals surface area (Å²) in [5.41, 5.74) is 5.82. The predicted octanol–water partition coefficient (Wildman–Crippen LogP) is 2.84. The van der Waals surface area contributed by atoms with Crippen LogP contribution in [0.5, 0.6) is 0 Å². The molecule has 2 aromatic carbocycles. The number of rotatable bonds is 5. The average molecular weight is 344 g/mol. The van der Waals surface area contributed by atoms with Crippen molar-refractivity contribution in [1.29, 1.82) is 0 Å². The summed E-state index contributed by atoms with van der Waals surface area (Å²) in [5, 5.41) is 7.02. The van der Waals surface area contributed by atoms with Gasteiger partial charge in [-0.1, -0.05) is 29.8 Å². The summed E-state index contributed by atoms with van der Waals surface area (Å²) in [6.07, 6.45) is 1.50. The third-order valence-corrected chi connectivity index (χ3v) is 3.70. The minimum Gasteiger partial charge on any atom is -0.343 e. The lowest BCUT2D eigenvalue weighted by Crippen LogP contribution is -2.34. The Labute approximate surface area is 145 Å². The number of benzene rings is 2. The zero-order chi connectivity index (χ0) is 17.5. The highest BCUT2D eigenvalue weighted by Gasteiger charge is 2.08. The summed E-state index contributed by atoms with van der Waals surface area (Å²) < 4.78 is 0. The lowest BCUT2D eigenvalue weighted by Gasteiger charge is -2.06. The van der Waals surface area contributed by atoms with Crippen molar-refractivity contribution >= 4 is 29.6 Å². The molecule has 5 nitrogen and oxygen atoms in total. The van der Waals surface area contributed by atoms with Crippen LogP contribution in [0.4, 0.5) is 0 Å². The van der Waals surface area contributed by atoms with E-state index in [0.717, 1.165) is 16.7 Å². The van der Waals surface area contributed by atoms with Crippen molar-refractivity contribution in [2.24, 2.45) is 5.10 Å². The van der Waals surface area contributed by atoms with Gasteiger partial charge in [0.05, 0.1) is 12.8 Å². The number of amides is 2. The van der Waals surface area contributed by atoms with Crippen LogP contribution in [0.25, 0.3) is 0 Å². The van der Waals surface area contributed by atoms with Gasteiger partial charge >= 0.3 is 0 Å². The molecular weight excluding hydrogens is 326 g/mol. The van der Waals surface area contributed by atoms with Gasteiger partial charge in [-0.05, 0) is 54.8 Å². The number of carbonyl (C=O) groups is 2. The highest BCUT2D eigenvalue weighted by molar-refractivity contribution is 6.30. The Bertz CT molecular complexity index is 770. The first-order valence-electron chi connectivity index (χ1n) is 7.38. The number of nitrogens with zero attached hydrogens (tertiary/aromatic N) is 1. The first kappa shape index (κ1) is 17.7. The van der Waals surface area contributed by atoms with Crippen molar-refractivity contribution in [3.05, 3.63) is 69.7 Å². The Kier molecular flexibility index (Phi) is 6.09. The Balaban J connectivity index is 1.81. The zero-order valence-electron chi connectivity index (χ0n) is 13.5. The van der Waals surface area contributed by atoms with Gasteiger partial charge in [-0.25, -0.2) is 5.43 Å². The number of hydrogen-bond acceptors (Lipinski definition) is 3. The SMILES string of the molecule is Cc1ccc(C(=O)NCC(=O)N/N=C\c2ccc(Cl)cc2)cc1C. The smallest absolute Gasteiger partial charge is 0.259 e. The minimum absolute atomic E-state index is 0.149. The molecule has 0 fully saturated rings. The maximum Gasteiger partial charge on any atom is 0.259 e. The van der Waals surface area contributed by atoms with E-state index in [1.54, 1.807) is 36.4 Å². The second-order valence-corrected chi connectivity index (χ2v) is 5.76. The van der Waals surface area contributed by atoms with Crippen LogP contribution < -0.4 is 10.7 Å². The molecule has 0 heterocycles. The summed E-state index contributed by atoms with van der Waals surface area (Å²) in [7, 11) is 0. The van der Waals surface area contributed by atoms with E-state index in [0.29, 0.717) is 10.6 Å². The molecule has 6 heteroatoms. The van der Waals surface area contributed by atoms with Crippen molar-refractivity contribution < 1.29 is 9.59 Å². The second kappa shape index (κ2) is 8.26. The van der Waals surface area contributed by atoms with Crippen molar-refractivity contribution in [1.82, 2.24) is 10.7 Å². The number of carbonyl (C=O) groups excluding carboxylic acids is 2. The van der Waals surface area contributed by atoms with Gasteiger partial charge in [-0.15, -0.1) is 0 Å². The lowest BCUT2D eigenvalue weighted by molar-refractivity contribution is -0.120. The molecule has 0 aliphatic heterocycles. The van der Waals surface area contributed by atoms with Gasteiger partial charge in [-0.2, -0.15) is 5.10 Å². The number of hydrazone groups is 1. The number of hydrogen-bond donors (Lipinski definition) is 2. The van der Waals surface area contributed by atoms with Crippen LogP contribution in [-0.4, -0.2) is 24.6 Å². The zero-order valence-corrected chi connectivity index (χ0v) is 14.2. The molecule has 0 aliphatic carbocycles. The first-order valence-corrected chi connectivity index (χ1v) is 7.76. The summed E-state index contributed by atoms with van der Waals surface area (Å²) in [6, 6.07) is 12.4. The fourth-order valence-electron chi connectivity index (χ4n) is 1.91. The lowest BCUT2D eigenvalue weighted by atomic mass is 10.1. The maximum atomic E-state index is 12.0. The normalized spacial score (nSPS) is 10.6. The van der Waals surface area contributed by atoms with E-state index < -0.39 is 5.91 Å².